The first-order valence-corrected chi connectivity index (χ1v) is 13.7. The maximum Gasteiger partial charge on any atom is 0.337 e. The standard InChI is InChI=1S/C15H20N4O4S2.C6H4BrF/c1-2-23-15(20)11-9-17-13(14-16-3-6-24-14)18-12(11)10-19-4-7-25(21,22)8-5-19;7-5-2-1-3-6(8)4-5/h3,6H,2,4-5,7-10H2,1H3,(H,17,18);1-4H. The summed E-state index contributed by atoms with van der Waals surface area (Å²) < 4.78 is 41.2. The molecule has 0 amide bonds. The molecular formula is C21H24BrFN4O4S2. The number of rotatable bonds is 5. The highest BCUT2D eigenvalue weighted by Gasteiger charge is 2.27. The quantitative estimate of drug-likeness (QED) is 0.563. The van der Waals surface area contributed by atoms with E-state index in [9.17, 15) is 17.6 Å². The fourth-order valence-electron chi connectivity index (χ4n) is 3.11. The fraction of sp³-hybridized carbons (Fsp3) is 0.381. The Bertz CT molecular complexity index is 1110. The molecule has 1 aromatic heterocycles. The van der Waals surface area contributed by atoms with E-state index in [4.69, 9.17) is 4.74 Å². The fourth-order valence-corrected chi connectivity index (χ4v) is 5.35. The highest BCUT2D eigenvalue weighted by Crippen LogP contribution is 2.17. The lowest BCUT2D eigenvalue weighted by atomic mass is 10.1. The van der Waals surface area contributed by atoms with Gasteiger partial charge in [-0.1, -0.05) is 22.0 Å². The third-order valence-corrected chi connectivity index (χ3v) is 7.67. The Labute approximate surface area is 204 Å². The van der Waals surface area contributed by atoms with Crippen molar-refractivity contribution >= 4 is 48.9 Å². The summed E-state index contributed by atoms with van der Waals surface area (Å²) in [6.45, 7) is 3.63. The molecule has 0 bridgehead atoms. The third kappa shape index (κ3) is 7.70. The maximum atomic E-state index is 12.2. The van der Waals surface area contributed by atoms with E-state index in [0.717, 1.165) is 9.48 Å². The van der Waals surface area contributed by atoms with E-state index >= 15 is 0 Å². The molecule has 33 heavy (non-hydrogen) atoms. The summed E-state index contributed by atoms with van der Waals surface area (Å²) in [4.78, 5) is 22.9. The summed E-state index contributed by atoms with van der Waals surface area (Å²) in [5, 5.41) is 5.81. The van der Waals surface area contributed by atoms with Crippen molar-refractivity contribution in [2.24, 2.45) is 4.99 Å². The Kier molecular flexibility index (Phi) is 9.12. The van der Waals surface area contributed by atoms with Gasteiger partial charge in [-0.05, 0) is 25.1 Å². The van der Waals surface area contributed by atoms with Gasteiger partial charge in [0.05, 0.1) is 30.2 Å². The average Bonchev–Trinajstić information content (AvgIpc) is 3.31. The van der Waals surface area contributed by atoms with Gasteiger partial charge in [-0.2, -0.15) is 0 Å². The van der Waals surface area contributed by atoms with Crippen molar-refractivity contribution in [3.63, 3.8) is 0 Å². The Balaban J connectivity index is 0.000000323. The number of nitrogens with zero attached hydrogens (tertiary/aromatic N) is 3. The Morgan fingerprint density at radius 2 is 2.09 bits per heavy atom. The van der Waals surface area contributed by atoms with E-state index < -0.39 is 15.8 Å². The minimum atomic E-state index is -2.94. The number of halogens is 2. The molecule has 3 heterocycles. The number of sulfone groups is 1. The highest BCUT2D eigenvalue weighted by molar-refractivity contribution is 9.10. The van der Waals surface area contributed by atoms with Crippen molar-refractivity contribution in [1.82, 2.24) is 15.2 Å². The van der Waals surface area contributed by atoms with Crippen LogP contribution in [0, 0.1) is 5.82 Å². The lowest BCUT2D eigenvalue weighted by Crippen LogP contribution is -2.44. The Morgan fingerprint density at radius 3 is 2.67 bits per heavy atom. The Hall–Kier alpha value is -2.15. The second-order valence-electron chi connectivity index (χ2n) is 7.17. The summed E-state index contributed by atoms with van der Waals surface area (Å²) in [6.07, 6.45) is 1.70. The molecule has 4 rings (SSSR count). The number of amidine groups is 1. The number of benzene rings is 1. The lowest BCUT2D eigenvalue weighted by Gasteiger charge is -2.29. The average molecular weight is 559 g/mol. The predicted octanol–water partition coefficient (Wildman–Crippen LogP) is 2.63. The van der Waals surface area contributed by atoms with Gasteiger partial charge in [0.15, 0.2) is 20.7 Å². The maximum absolute atomic E-state index is 12.2. The van der Waals surface area contributed by atoms with E-state index in [1.54, 1.807) is 25.3 Å². The molecule has 1 N–H and O–H groups in total. The van der Waals surface area contributed by atoms with E-state index in [2.05, 4.69) is 31.2 Å². The van der Waals surface area contributed by atoms with Crippen LogP contribution in [0.15, 0.2) is 56.6 Å². The monoisotopic (exact) mass is 558 g/mol. The number of hydrogen-bond donors (Lipinski definition) is 1. The van der Waals surface area contributed by atoms with E-state index in [1.807, 2.05) is 10.3 Å². The van der Waals surface area contributed by atoms with E-state index in [-0.39, 0.29) is 23.9 Å². The summed E-state index contributed by atoms with van der Waals surface area (Å²) >= 11 is 4.58. The number of esters is 1. The zero-order valence-corrected chi connectivity index (χ0v) is 21.2. The van der Waals surface area contributed by atoms with Gasteiger partial charge in [-0.3, -0.25) is 9.89 Å². The van der Waals surface area contributed by atoms with Crippen LogP contribution in [0.25, 0.3) is 0 Å². The molecule has 1 fully saturated rings. The third-order valence-electron chi connectivity index (χ3n) is 4.79. The number of aromatic nitrogens is 1. The van der Waals surface area contributed by atoms with Gasteiger partial charge >= 0.3 is 5.97 Å². The summed E-state index contributed by atoms with van der Waals surface area (Å²) in [6, 6.07) is 6.26. The van der Waals surface area contributed by atoms with Gasteiger partial charge in [0.2, 0.25) is 0 Å². The molecule has 0 aliphatic carbocycles. The molecule has 178 valence electrons. The molecule has 1 aromatic carbocycles. The SMILES string of the molecule is CCOC(=O)C1=C(CN2CCS(=O)(=O)CC2)NC(c2nccs2)=NC1.Fc1cccc(Br)c1. The molecule has 12 heteroatoms. The van der Waals surface area contributed by atoms with Gasteiger partial charge in [-0.25, -0.2) is 22.6 Å². The van der Waals surface area contributed by atoms with Crippen molar-refractivity contribution in [2.75, 3.05) is 44.3 Å². The van der Waals surface area contributed by atoms with E-state index in [1.165, 1.54) is 23.5 Å². The van der Waals surface area contributed by atoms with Crippen molar-refractivity contribution in [3.05, 3.63) is 62.4 Å². The van der Waals surface area contributed by atoms with Crippen LogP contribution < -0.4 is 5.32 Å². The molecule has 2 aliphatic heterocycles. The molecule has 0 saturated carbocycles. The molecule has 0 unspecified atom stereocenters. The number of ether oxygens (including phenoxy) is 1. The van der Waals surface area contributed by atoms with Gasteiger partial charge < -0.3 is 10.1 Å². The van der Waals surface area contributed by atoms with Crippen LogP contribution in [0.1, 0.15) is 11.9 Å². The number of thiazole rings is 1. The molecule has 2 aliphatic rings. The molecule has 8 nitrogen and oxygen atoms in total. The smallest absolute Gasteiger partial charge is 0.337 e. The van der Waals surface area contributed by atoms with Crippen LogP contribution in [0.2, 0.25) is 0 Å². The van der Waals surface area contributed by atoms with Crippen LogP contribution in [0.5, 0.6) is 0 Å². The van der Waals surface area contributed by atoms with Crippen molar-refractivity contribution < 1.29 is 22.3 Å². The zero-order valence-electron chi connectivity index (χ0n) is 18.0. The molecule has 0 spiro atoms. The second kappa shape index (κ2) is 11.8. The van der Waals surface area contributed by atoms with E-state index in [0.29, 0.717) is 43.3 Å². The summed E-state index contributed by atoms with van der Waals surface area (Å²) in [5.41, 5.74) is 1.19. The zero-order chi connectivity index (χ0) is 23.8. The molecule has 0 atom stereocenters. The van der Waals surface area contributed by atoms with Crippen LogP contribution in [0.4, 0.5) is 4.39 Å². The van der Waals surface area contributed by atoms with Crippen LogP contribution >= 0.6 is 27.3 Å². The van der Waals surface area contributed by atoms with Crippen molar-refractivity contribution in [1.29, 1.82) is 0 Å². The van der Waals surface area contributed by atoms with Gasteiger partial charge in [-0.15, -0.1) is 11.3 Å². The Morgan fingerprint density at radius 1 is 1.33 bits per heavy atom. The van der Waals surface area contributed by atoms with Crippen molar-refractivity contribution in [2.45, 2.75) is 6.92 Å². The molecule has 2 aromatic rings. The first-order valence-electron chi connectivity index (χ1n) is 10.2. The normalized spacial score (nSPS) is 18.0. The molecular weight excluding hydrogens is 535 g/mol. The van der Waals surface area contributed by atoms with Gasteiger partial charge in [0.1, 0.15) is 5.82 Å². The first-order chi connectivity index (χ1) is 15.8. The lowest BCUT2D eigenvalue weighted by molar-refractivity contribution is -0.138. The number of carbonyl (C=O) groups is 1. The number of hydrogen-bond acceptors (Lipinski definition) is 9. The molecule has 0 radical (unpaired) electrons. The topological polar surface area (TPSA) is 101 Å². The van der Waals surface area contributed by atoms with Crippen LogP contribution in [0.3, 0.4) is 0 Å². The minimum absolute atomic E-state index is 0.141. The van der Waals surface area contributed by atoms with Crippen LogP contribution in [-0.4, -0.2) is 74.4 Å². The van der Waals surface area contributed by atoms with Crippen molar-refractivity contribution in [3.8, 4) is 0 Å². The first kappa shape index (κ1) is 25.5. The number of nitrogens with one attached hydrogen (secondary N) is 1. The predicted molar refractivity (Wildman–Crippen MR) is 130 cm³/mol. The number of carbonyl (C=O) groups excluding carboxylic acids is 1. The number of aliphatic imine (C=N–C) groups is 1. The second-order valence-corrected chi connectivity index (χ2v) is 11.3. The van der Waals surface area contributed by atoms with Crippen LogP contribution in [-0.2, 0) is 19.4 Å². The summed E-state index contributed by atoms with van der Waals surface area (Å²) in [5.74, 6) is 0.309. The summed E-state index contributed by atoms with van der Waals surface area (Å²) in [7, 11) is -2.94. The van der Waals surface area contributed by atoms with Gasteiger partial charge in [0, 0.05) is 41.4 Å². The van der Waals surface area contributed by atoms with Gasteiger partial charge in [0.25, 0.3) is 0 Å². The minimum Gasteiger partial charge on any atom is -0.463 e. The largest absolute Gasteiger partial charge is 0.463 e. The highest BCUT2D eigenvalue weighted by atomic mass is 79.9. The molecule has 1 saturated heterocycles.